The maximum absolute atomic E-state index is 6.47. The molecule has 0 unspecified atom stereocenters. The third-order valence-corrected chi connectivity index (χ3v) is 6.68. The average molecular weight is 471 g/mol. The Labute approximate surface area is 210 Å². The second-order valence-corrected chi connectivity index (χ2v) is 10.9. The van der Waals surface area contributed by atoms with Crippen molar-refractivity contribution in [2.45, 2.75) is 71.4 Å². The van der Waals surface area contributed by atoms with Gasteiger partial charge in [-0.1, -0.05) is 61.9 Å². The summed E-state index contributed by atoms with van der Waals surface area (Å²) < 4.78 is 12.7. The van der Waals surface area contributed by atoms with Crippen molar-refractivity contribution in [2.24, 2.45) is 4.99 Å². The molecule has 0 saturated carbocycles. The van der Waals surface area contributed by atoms with Crippen molar-refractivity contribution >= 4 is 5.71 Å². The fourth-order valence-corrected chi connectivity index (χ4v) is 5.19. The minimum atomic E-state index is -0.260. The summed E-state index contributed by atoms with van der Waals surface area (Å²) in [4.78, 5) is 5.31. The normalized spacial score (nSPS) is 16.9. The van der Waals surface area contributed by atoms with Crippen LogP contribution in [-0.4, -0.2) is 23.5 Å². The summed E-state index contributed by atoms with van der Waals surface area (Å²) in [7, 11) is 0. The standard InChI is InChI=1S/C31H35NO2.H3N/c1-6-7-16-33-26-18-24-19-30(2,3)32-28(27(24)25-20-31(4,5)34-29(25)26)23-15-11-14-22(17-23)21-12-9-8-10-13-21;/h8-15,17-18H,6-7,16,19-20H2,1-5H3;1H3. The zero-order chi connectivity index (χ0) is 23.9. The van der Waals surface area contributed by atoms with Gasteiger partial charge in [0.25, 0.3) is 0 Å². The van der Waals surface area contributed by atoms with Crippen LogP contribution in [0.25, 0.3) is 11.1 Å². The van der Waals surface area contributed by atoms with Crippen LogP contribution in [0.15, 0.2) is 65.7 Å². The van der Waals surface area contributed by atoms with E-state index in [0.29, 0.717) is 0 Å². The molecule has 35 heavy (non-hydrogen) atoms. The van der Waals surface area contributed by atoms with Crippen LogP contribution in [-0.2, 0) is 12.8 Å². The van der Waals surface area contributed by atoms with Gasteiger partial charge in [-0.2, -0.15) is 0 Å². The van der Waals surface area contributed by atoms with Gasteiger partial charge in [0.1, 0.15) is 5.60 Å². The highest BCUT2D eigenvalue weighted by Crippen LogP contribution is 2.48. The van der Waals surface area contributed by atoms with Gasteiger partial charge in [-0.3, -0.25) is 4.99 Å². The Balaban J connectivity index is 0.00000289. The van der Waals surface area contributed by atoms with E-state index in [2.05, 4.69) is 95.3 Å². The molecular weight excluding hydrogens is 432 g/mol. The van der Waals surface area contributed by atoms with Crippen LogP contribution in [0.5, 0.6) is 11.5 Å². The lowest BCUT2D eigenvalue weighted by Gasteiger charge is -2.31. The highest BCUT2D eigenvalue weighted by Gasteiger charge is 2.39. The summed E-state index contributed by atoms with van der Waals surface area (Å²) in [5.74, 6) is 1.80. The third kappa shape index (κ3) is 4.99. The van der Waals surface area contributed by atoms with E-state index in [0.717, 1.165) is 55.1 Å². The van der Waals surface area contributed by atoms with Crippen molar-refractivity contribution in [3.8, 4) is 22.6 Å². The molecule has 0 saturated heterocycles. The summed E-state index contributed by atoms with van der Waals surface area (Å²) >= 11 is 0. The number of ether oxygens (including phenoxy) is 2. The molecule has 0 spiro atoms. The van der Waals surface area contributed by atoms with Crippen molar-refractivity contribution in [2.75, 3.05) is 6.61 Å². The molecule has 2 aliphatic heterocycles. The SMILES string of the molecule is CCCCOc1cc2c(c3c1OC(C)(C)C3)C(c1cccc(-c3ccccc3)c1)=NC(C)(C)C2.N. The van der Waals surface area contributed by atoms with Crippen LogP contribution in [0.1, 0.15) is 69.7 Å². The van der Waals surface area contributed by atoms with Crippen LogP contribution >= 0.6 is 0 Å². The van der Waals surface area contributed by atoms with Crippen LogP contribution in [0, 0.1) is 0 Å². The molecule has 0 amide bonds. The van der Waals surface area contributed by atoms with E-state index in [1.165, 1.54) is 27.8 Å². The number of unbranched alkanes of at least 4 members (excludes halogenated alkanes) is 1. The van der Waals surface area contributed by atoms with Gasteiger partial charge in [-0.05, 0) is 69.4 Å². The van der Waals surface area contributed by atoms with E-state index in [9.17, 15) is 0 Å². The Morgan fingerprint density at radius 1 is 0.886 bits per heavy atom. The predicted octanol–water partition coefficient (Wildman–Crippen LogP) is 7.58. The van der Waals surface area contributed by atoms with Gasteiger partial charge in [0.2, 0.25) is 0 Å². The maximum Gasteiger partial charge on any atom is 0.166 e. The molecule has 0 bridgehead atoms. The molecule has 0 radical (unpaired) electrons. The van der Waals surface area contributed by atoms with Crippen LogP contribution in [0.4, 0.5) is 0 Å². The first-order chi connectivity index (χ1) is 16.3. The largest absolute Gasteiger partial charge is 0.490 e. The number of nitrogens with zero attached hydrogens (tertiary/aromatic N) is 1. The van der Waals surface area contributed by atoms with E-state index in [4.69, 9.17) is 14.5 Å². The highest BCUT2D eigenvalue weighted by molar-refractivity contribution is 6.16. The average Bonchev–Trinajstić information content (AvgIpc) is 3.14. The van der Waals surface area contributed by atoms with E-state index >= 15 is 0 Å². The molecule has 0 atom stereocenters. The zero-order valence-electron chi connectivity index (χ0n) is 21.8. The smallest absolute Gasteiger partial charge is 0.166 e. The predicted molar refractivity (Wildman–Crippen MR) is 146 cm³/mol. The minimum Gasteiger partial charge on any atom is -0.490 e. The summed E-state index contributed by atoms with van der Waals surface area (Å²) in [5.41, 5.74) is 8.00. The topological polar surface area (TPSA) is 65.8 Å². The number of hydrogen-bond donors (Lipinski definition) is 1. The Morgan fingerprint density at radius 3 is 2.34 bits per heavy atom. The van der Waals surface area contributed by atoms with E-state index < -0.39 is 0 Å². The second kappa shape index (κ2) is 9.50. The molecule has 0 aliphatic carbocycles. The van der Waals surface area contributed by atoms with E-state index in [-0.39, 0.29) is 17.3 Å². The molecule has 3 aromatic rings. The number of benzene rings is 3. The van der Waals surface area contributed by atoms with Crippen molar-refractivity contribution in [1.82, 2.24) is 6.15 Å². The van der Waals surface area contributed by atoms with Gasteiger partial charge in [0.05, 0.1) is 17.9 Å². The maximum atomic E-state index is 6.47. The first kappa shape index (κ1) is 25.0. The lowest BCUT2D eigenvalue weighted by Crippen LogP contribution is -2.30. The fraction of sp³-hybridized carbons (Fsp3) is 0.387. The zero-order valence-corrected chi connectivity index (χ0v) is 21.8. The van der Waals surface area contributed by atoms with Crippen molar-refractivity contribution in [1.29, 1.82) is 0 Å². The molecule has 184 valence electrons. The molecule has 2 heterocycles. The Morgan fingerprint density at radius 2 is 1.60 bits per heavy atom. The van der Waals surface area contributed by atoms with Crippen LogP contribution in [0.3, 0.4) is 0 Å². The highest BCUT2D eigenvalue weighted by atomic mass is 16.5. The number of hydrogen-bond acceptors (Lipinski definition) is 4. The molecule has 3 N–H and O–H groups in total. The lowest BCUT2D eigenvalue weighted by atomic mass is 9.80. The number of fused-ring (bicyclic) bond motifs is 3. The third-order valence-electron chi connectivity index (χ3n) is 6.68. The van der Waals surface area contributed by atoms with Gasteiger partial charge >= 0.3 is 0 Å². The molecule has 4 nitrogen and oxygen atoms in total. The van der Waals surface area contributed by atoms with Gasteiger partial charge in [0, 0.05) is 23.1 Å². The van der Waals surface area contributed by atoms with Gasteiger partial charge in [-0.15, -0.1) is 0 Å². The van der Waals surface area contributed by atoms with Gasteiger partial charge in [0.15, 0.2) is 11.5 Å². The summed E-state index contributed by atoms with van der Waals surface area (Å²) in [6.45, 7) is 11.7. The van der Waals surface area contributed by atoms with Gasteiger partial charge < -0.3 is 15.6 Å². The molecule has 2 aliphatic rings. The Hall–Kier alpha value is -3.11. The van der Waals surface area contributed by atoms with E-state index in [1.54, 1.807) is 0 Å². The first-order valence-corrected chi connectivity index (χ1v) is 12.5. The summed E-state index contributed by atoms with van der Waals surface area (Å²) in [5, 5.41) is 0. The van der Waals surface area contributed by atoms with Crippen LogP contribution in [0.2, 0.25) is 0 Å². The molecule has 5 rings (SSSR count). The quantitative estimate of drug-likeness (QED) is 0.378. The van der Waals surface area contributed by atoms with Crippen molar-refractivity contribution < 1.29 is 9.47 Å². The fourth-order valence-electron chi connectivity index (χ4n) is 5.19. The second-order valence-electron chi connectivity index (χ2n) is 10.9. The molecule has 0 fully saturated rings. The monoisotopic (exact) mass is 470 g/mol. The van der Waals surface area contributed by atoms with Crippen LogP contribution < -0.4 is 15.6 Å². The van der Waals surface area contributed by atoms with Crippen molar-refractivity contribution in [3.05, 3.63) is 82.9 Å². The van der Waals surface area contributed by atoms with Crippen molar-refractivity contribution in [3.63, 3.8) is 0 Å². The Bertz CT molecular complexity index is 1240. The lowest BCUT2D eigenvalue weighted by molar-refractivity contribution is 0.132. The Kier molecular flexibility index (Phi) is 6.79. The number of aliphatic imine (C=N–C) groups is 1. The molecule has 0 aromatic heterocycles. The molecule has 4 heteroatoms. The number of rotatable bonds is 6. The molecule has 3 aromatic carbocycles. The van der Waals surface area contributed by atoms with Gasteiger partial charge in [-0.25, -0.2) is 0 Å². The summed E-state index contributed by atoms with van der Waals surface area (Å²) in [6, 6.07) is 21.6. The first-order valence-electron chi connectivity index (χ1n) is 12.5. The minimum absolute atomic E-state index is 0. The summed E-state index contributed by atoms with van der Waals surface area (Å²) in [6.07, 6.45) is 3.90. The van der Waals surface area contributed by atoms with E-state index in [1.807, 2.05) is 0 Å². The molecular formula is C31H38N2O2.